The molecule has 1 amide bonds. The topological polar surface area (TPSA) is 70.7 Å². The van der Waals surface area contributed by atoms with E-state index in [4.69, 9.17) is 0 Å². The minimum absolute atomic E-state index is 0.0741. The molecule has 1 heterocycles. The molecule has 5 nitrogen and oxygen atoms in total. The smallest absolute Gasteiger partial charge is 0.225 e. The highest BCUT2D eigenvalue weighted by Gasteiger charge is 2.24. The molecule has 0 radical (unpaired) electrons. The number of aromatic amines is 1. The van der Waals surface area contributed by atoms with Crippen LogP contribution in [0.4, 0.5) is 0 Å². The maximum atomic E-state index is 12.0. The lowest BCUT2D eigenvalue weighted by Crippen LogP contribution is -2.35. The third-order valence-electron chi connectivity index (χ3n) is 3.57. The first-order valence-corrected chi connectivity index (χ1v) is 6.76. The van der Waals surface area contributed by atoms with Gasteiger partial charge in [-0.3, -0.25) is 9.89 Å². The van der Waals surface area contributed by atoms with Crippen molar-refractivity contribution in [2.45, 2.75) is 33.7 Å². The lowest BCUT2D eigenvalue weighted by atomic mass is 9.89. The van der Waals surface area contributed by atoms with Crippen LogP contribution in [-0.4, -0.2) is 21.1 Å². The van der Waals surface area contributed by atoms with Gasteiger partial charge >= 0.3 is 0 Å². The lowest BCUT2D eigenvalue weighted by Gasteiger charge is -2.21. The van der Waals surface area contributed by atoms with Crippen molar-refractivity contribution in [1.82, 2.24) is 20.5 Å². The highest BCUT2D eigenvalue weighted by molar-refractivity contribution is 5.81. The zero-order chi connectivity index (χ0) is 14.6. The minimum atomic E-state index is -0.331. The molecule has 0 aliphatic heterocycles. The molecule has 1 aromatic heterocycles. The molecule has 2 rings (SSSR count). The molecule has 2 N–H and O–H groups in total. The van der Waals surface area contributed by atoms with E-state index in [0.29, 0.717) is 6.54 Å². The van der Waals surface area contributed by atoms with Crippen LogP contribution in [0, 0.1) is 5.41 Å². The van der Waals surface area contributed by atoms with Crippen molar-refractivity contribution in [3.05, 3.63) is 36.2 Å². The summed E-state index contributed by atoms with van der Waals surface area (Å²) in [7, 11) is 0. The molecule has 106 valence electrons. The molecule has 0 saturated heterocycles. The first kappa shape index (κ1) is 14.2. The Labute approximate surface area is 118 Å². The van der Waals surface area contributed by atoms with Crippen LogP contribution in [0.1, 0.15) is 32.8 Å². The van der Waals surface area contributed by atoms with Gasteiger partial charge in [-0.25, -0.2) is 4.98 Å². The van der Waals surface area contributed by atoms with Gasteiger partial charge in [0.2, 0.25) is 5.91 Å². The maximum Gasteiger partial charge on any atom is 0.225 e. The summed E-state index contributed by atoms with van der Waals surface area (Å²) in [6.07, 6.45) is 2.30. The molecule has 1 aromatic carbocycles. The van der Waals surface area contributed by atoms with E-state index in [9.17, 15) is 4.79 Å². The Hall–Kier alpha value is -2.17. The van der Waals surface area contributed by atoms with E-state index in [1.807, 2.05) is 45.0 Å². The number of benzene rings is 1. The van der Waals surface area contributed by atoms with E-state index < -0.39 is 0 Å². The van der Waals surface area contributed by atoms with Crippen LogP contribution in [0.2, 0.25) is 0 Å². The Morgan fingerprint density at radius 2 is 2.20 bits per heavy atom. The van der Waals surface area contributed by atoms with E-state index >= 15 is 0 Å². The number of aromatic nitrogens is 3. The summed E-state index contributed by atoms with van der Waals surface area (Å²) in [5.74, 6) is 0.803. The van der Waals surface area contributed by atoms with Crippen molar-refractivity contribution in [2.75, 3.05) is 0 Å². The number of H-pyrrole nitrogens is 1. The Morgan fingerprint density at radius 1 is 1.40 bits per heavy atom. The normalized spacial score (nSPS) is 11.3. The first-order chi connectivity index (χ1) is 9.53. The van der Waals surface area contributed by atoms with Crippen molar-refractivity contribution >= 4 is 5.91 Å². The Kier molecular flexibility index (Phi) is 4.17. The number of hydrogen-bond donors (Lipinski definition) is 2. The van der Waals surface area contributed by atoms with E-state index in [-0.39, 0.29) is 11.3 Å². The molecule has 2 aromatic rings. The fourth-order valence-corrected chi connectivity index (χ4v) is 1.76. The fraction of sp³-hybridized carbons (Fsp3) is 0.400. The van der Waals surface area contributed by atoms with E-state index in [1.54, 1.807) is 0 Å². The molecule has 0 spiro atoms. The van der Waals surface area contributed by atoms with Crippen LogP contribution in [-0.2, 0) is 11.3 Å². The van der Waals surface area contributed by atoms with Crippen LogP contribution in [0.3, 0.4) is 0 Å². The molecular weight excluding hydrogens is 252 g/mol. The molecule has 0 fully saturated rings. The zero-order valence-corrected chi connectivity index (χ0v) is 12.1. The third kappa shape index (κ3) is 3.23. The monoisotopic (exact) mass is 272 g/mol. The summed E-state index contributed by atoms with van der Waals surface area (Å²) in [6, 6.07) is 7.89. The largest absolute Gasteiger partial charge is 0.352 e. The molecule has 0 bridgehead atoms. The van der Waals surface area contributed by atoms with Crippen molar-refractivity contribution < 1.29 is 4.79 Å². The quantitative estimate of drug-likeness (QED) is 0.878. The van der Waals surface area contributed by atoms with Crippen molar-refractivity contribution in [3.8, 4) is 11.4 Å². The summed E-state index contributed by atoms with van der Waals surface area (Å²) in [5.41, 5.74) is 1.67. The average molecular weight is 272 g/mol. The van der Waals surface area contributed by atoms with Crippen LogP contribution >= 0.6 is 0 Å². The molecule has 20 heavy (non-hydrogen) atoms. The Bertz CT molecular complexity index is 575. The standard InChI is InChI=1S/C15H20N4O/c1-4-15(2,3)14(20)16-9-11-6-5-7-12(8-11)13-17-10-18-19-13/h5-8,10H,4,9H2,1-3H3,(H,16,20)(H,17,18,19). The van der Waals surface area contributed by atoms with Gasteiger partial charge in [-0.05, 0) is 18.1 Å². The number of carbonyl (C=O) groups excluding carboxylic acids is 1. The van der Waals surface area contributed by atoms with Crippen molar-refractivity contribution in [3.63, 3.8) is 0 Å². The molecule has 0 unspecified atom stereocenters. The fourth-order valence-electron chi connectivity index (χ4n) is 1.76. The third-order valence-corrected chi connectivity index (χ3v) is 3.57. The predicted octanol–water partition coefficient (Wildman–Crippen LogP) is 2.52. The highest BCUT2D eigenvalue weighted by atomic mass is 16.2. The average Bonchev–Trinajstić information content (AvgIpc) is 2.99. The van der Waals surface area contributed by atoms with Gasteiger partial charge in [-0.15, -0.1) is 0 Å². The van der Waals surface area contributed by atoms with Crippen molar-refractivity contribution in [1.29, 1.82) is 0 Å². The molecule has 0 atom stereocenters. The van der Waals surface area contributed by atoms with Gasteiger partial charge in [0.1, 0.15) is 6.33 Å². The lowest BCUT2D eigenvalue weighted by molar-refractivity contribution is -0.129. The summed E-state index contributed by atoms with van der Waals surface area (Å²) < 4.78 is 0. The zero-order valence-electron chi connectivity index (χ0n) is 12.1. The van der Waals surface area contributed by atoms with Crippen LogP contribution in [0.15, 0.2) is 30.6 Å². The van der Waals surface area contributed by atoms with Crippen LogP contribution < -0.4 is 5.32 Å². The molecule has 0 saturated carbocycles. The van der Waals surface area contributed by atoms with E-state index in [0.717, 1.165) is 23.4 Å². The summed E-state index contributed by atoms with van der Waals surface area (Å²) in [6.45, 7) is 6.44. The summed E-state index contributed by atoms with van der Waals surface area (Å²) in [4.78, 5) is 16.2. The SMILES string of the molecule is CCC(C)(C)C(=O)NCc1cccc(-c2ncn[nH]2)c1. The van der Waals surface area contributed by atoms with Crippen LogP contribution in [0.5, 0.6) is 0 Å². The summed E-state index contributed by atoms with van der Waals surface area (Å²) in [5, 5.41) is 9.65. The number of nitrogens with zero attached hydrogens (tertiary/aromatic N) is 2. The molecule has 0 aliphatic carbocycles. The number of carbonyl (C=O) groups is 1. The van der Waals surface area contributed by atoms with Gasteiger partial charge in [0, 0.05) is 17.5 Å². The Morgan fingerprint density at radius 3 is 2.85 bits per heavy atom. The van der Waals surface area contributed by atoms with Gasteiger partial charge in [-0.2, -0.15) is 5.10 Å². The number of hydrogen-bond acceptors (Lipinski definition) is 3. The predicted molar refractivity (Wildman–Crippen MR) is 77.7 cm³/mol. The number of nitrogens with one attached hydrogen (secondary N) is 2. The summed E-state index contributed by atoms with van der Waals surface area (Å²) >= 11 is 0. The second-order valence-electron chi connectivity index (χ2n) is 5.45. The molecule has 5 heteroatoms. The highest BCUT2D eigenvalue weighted by Crippen LogP contribution is 2.20. The second-order valence-corrected chi connectivity index (χ2v) is 5.45. The van der Waals surface area contributed by atoms with Gasteiger partial charge in [0.25, 0.3) is 0 Å². The van der Waals surface area contributed by atoms with Gasteiger partial charge in [0.15, 0.2) is 5.82 Å². The maximum absolute atomic E-state index is 12.0. The minimum Gasteiger partial charge on any atom is -0.352 e. The molecule has 0 aliphatic rings. The Balaban J connectivity index is 2.04. The van der Waals surface area contributed by atoms with Crippen molar-refractivity contribution in [2.24, 2.45) is 5.41 Å². The van der Waals surface area contributed by atoms with Crippen LogP contribution in [0.25, 0.3) is 11.4 Å². The number of rotatable bonds is 5. The van der Waals surface area contributed by atoms with E-state index in [2.05, 4.69) is 20.5 Å². The van der Waals surface area contributed by atoms with Gasteiger partial charge < -0.3 is 5.32 Å². The molecular formula is C15H20N4O. The van der Waals surface area contributed by atoms with Gasteiger partial charge in [-0.1, -0.05) is 39.0 Å². The van der Waals surface area contributed by atoms with E-state index in [1.165, 1.54) is 6.33 Å². The van der Waals surface area contributed by atoms with Gasteiger partial charge in [0.05, 0.1) is 0 Å². The second kappa shape index (κ2) is 5.86. The number of amides is 1. The first-order valence-electron chi connectivity index (χ1n) is 6.76.